The second-order valence-electron chi connectivity index (χ2n) is 4.66. The van der Waals surface area contributed by atoms with Crippen LogP contribution in [0.2, 0.25) is 0 Å². The maximum atomic E-state index is 11.8. The fourth-order valence-corrected chi connectivity index (χ4v) is 1.67. The molecule has 1 aromatic heterocycles. The summed E-state index contributed by atoms with van der Waals surface area (Å²) in [6, 6.07) is 1.97. The average molecular weight is 262 g/mol. The van der Waals surface area contributed by atoms with E-state index in [0.717, 1.165) is 12.8 Å². The fourth-order valence-electron chi connectivity index (χ4n) is 1.67. The van der Waals surface area contributed by atoms with Crippen molar-refractivity contribution in [3.8, 4) is 0 Å². The maximum absolute atomic E-state index is 11.8. The van der Waals surface area contributed by atoms with Crippen LogP contribution in [0.3, 0.4) is 0 Å². The van der Waals surface area contributed by atoms with Crippen LogP contribution >= 0.6 is 0 Å². The van der Waals surface area contributed by atoms with Gasteiger partial charge in [-0.25, -0.2) is 0 Å². The summed E-state index contributed by atoms with van der Waals surface area (Å²) < 4.78 is 0. The van der Waals surface area contributed by atoms with E-state index < -0.39 is 0 Å². The van der Waals surface area contributed by atoms with E-state index in [0.29, 0.717) is 36.7 Å². The second kappa shape index (κ2) is 6.17. The van der Waals surface area contributed by atoms with Gasteiger partial charge in [0.15, 0.2) is 0 Å². The molecular weight excluding hydrogens is 244 g/mol. The monoisotopic (exact) mass is 262 g/mol. The zero-order valence-corrected chi connectivity index (χ0v) is 10.7. The van der Waals surface area contributed by atoms with E-state index in [1.165, 1.54) is 12.4 Å². The molecule has 0 unspecified atom stereocenters. The number of hydrogen-bond acceptors (Lipinski definition) is 4. The van der Waals surface area contributed by atoms with Gasteiger partial charge in [-0.3, -0.25) is 14.6 Å². The molecule has 0 saturated heterocycles. The lowest BCUT2D eigenvalue weighted by Crippen LogP contribution is -2.28. The zero-order valence-electron chi connectivity index (χ0n) is 10.7. The average Bonchev–Trinajstić information content (AvgIpc) is 3.19. The van der Waals surface area contributed by atoms with Crippen LogP contribution in [0, 0.1) is 0 Å². The number of aromatic nitrogens is 1. The SMILES string of the molecule is Nc1ccncc1C(=O)NCCCC(=O)NC1CC1. The van der Waals surface area contributed by atoms with Crippen molar-refractivity contribution in [2.24, 2.45) is 0 Å². The van der Waals surface area contributed by atoms with E-state index >= 15 is 0 Å². The first-order chi connectivity index (χ1) is 9.16. The number of nitrogen functional groups attached to an aromatic ring is 1. The number of pyridine rings is 1. The van der Waals surface area contributed by atoms with Gasteiger partial charge in [-0.05, 0) is 25.3 Å². The molecule has 1 aliphatic carbocycles. The summed E-state index contributed by atoms with van der Waals surface area (Å²) in [5, 5.41) is 5.63. The number of carbonyl (C=O) groups excluding carboxylic acids is 2. The molecule has 0 spiro atoms. The Morgan fingerprint density at radius 1 is 1.42 bits per heavy atom. The van der Waals surface area contributed by atoms with Crippen LogP contribution in [-0.4, -0.2) is 29.4 Å². The van der Waals surface area contributed by atoms with Gasteiger partial charge in [0.1, 0.15) is 0 Å². The van der Waals surface area contributed by atoms with Crippen LogP contribution in [0.4, 0.5) is 5.69 Å². The van der Waals surface area contributed by atoms with Gasteiger partial charge in [0, 0.05) is 37.1 Å². The van der Waals surface area contributed by atoms with Crippen molar-refractivity contribution in [2.75, 3.05) is 12.3 Å². The standard InChI is InChI=1S/C13H18N4O2/c14-11-5-7-15-8-10(11)13(19)16-6-1-2-12(18)17-9-3-4-9/h5,7-9H,1-4,6H2,(H2,14,15)(H,16,19)(H,17,18). The molecule has 102 valence electrons. The smallest absolute Gasteiger partial charge is 0.254 e. The highest BCUT2D eigenvalue weighted by atomic mass is 16.2. The van der Waals surface area contributed by atoms with Gasteiger partial charge in [-0.15, -0.1) is 0 Å². The lowest BCUT2D eigenvalue weighted by molar-refractivity contribution is -0.121. The van der Waals surface area contributed by atoms with Gasteiger partial charge in [0.25, 0.3) is 5.91 Å². The summed E-state index contributed by atoms with van der Waals surface area (Å²) in [6.45, 7) is 0.450. The van der Waals surface area contributed by atoms with Crippen molar-refractivity contribution in [3.05, 3.63) is 24.0 Å². The Hall–Kier alpha value is -2.11. The molecule has 1 aliphatic rings. The molecule has 1 saturated carbocycles. The van der Waals surface area contributed by atoms with Crippen molar-refractivity contribution in [1.82, 2.24) is 15.6 Å². The molecule has 4 N–H and O–H groups in total. The molecule has 2 amide bonds. The number of nitrogens with two attached hydrogens (primary N) is 1. The van der Waals surface area contributed by atoms with Crippen molar-refractivity contribution >= 4 is 17.5 Å². The highest BCUT2D eigenvalue weighted by Crippen LogP contribution is 2.18. The van der Waals surface area contributed by atoms with Crippen LogP contribution in [-0.2, 0) is 4.79 Å². The predicted molar refractivity (Wildman–Crippen MR) is 71.4 cm³/mol. The van der Waals surface area contributed by atoms with Crippen molar-refractivity contribution in [1.29, 1.82) is 0 Å². The molecule has 6 heteroatoms. The Kier molecular flexibility index (Phi) is 4.33. The molecule has 6 nitrogen and oxygen atoms in total. The largest absolute Gasteiger partial charge is 0.398 e. The topological polar surface area (TPSA) is 97.1 Å². The first kappa shape index (κ1) is 13.3. The second-order valence-corrected chi connectivity index (χ2v) is 4.66. The number of amides is 2. The first-order valence-electron chi connectivity index (χ1n) is 6.44. The van der Waals surface area contributed by atoms with E-state index in [1.807, 2.05) is 0 Å². The summed E-state index contributed by atoms with van der Waals surface area (Å²) in [7, 11) is 0. The van der Waals surface area contributed by atoms with Crippen molar-refractivity contribution < 1.29 is 9.59 Å². The molecule has 1 fully saturated rings. The Morgan fingerprint density at radius 3 is 2.89 bits per heavy atom. The number of anilines is 1. The Bertz CT molecular complexity index is 471. The third kappa shape index (κ3) is 4.24. The molecule has 0 atom stereocenters. The fraction of sp³-hybridized carbons (Fsp3) is 0.462. The molecule has 19 heavy (non-hydrogen) atoms. The van der Waals surface area contributed by atoms with Gasteiger partial charge in [0.05, 0.1) is 5.56 Å². The van der Waals surface area contributed by atoms with Crippen molar-refractivity contribution in [2.45, 2.75) is 31.7 Å². The number of nitrogens with one attached hydrogen (secondary N) is 2. The summed E-state index contributed by atoms with van der Waals surface area (Å²) in [5.41, 5.74) is 6.44. The molecular formula is C13H18N4O2. The Morgan fingerprint density at radius 2 is 2.21 bits per heavy atom. The minimum Gasteiger partial charge on any atom is -0.398 e. The van der Waals surface area contributed by atoms with E-state index in [4.69, 9.17) is 5.73 Å². The molecule has 0 bridgehead atoms. The third-order valence-corrected chi connectivity index (χ3v) is 2.91. The van der Waals surface area contributed by atoms with E-state index in [2.05, 4.69) is 15.6 Å². The van der Waals surface area contributed by atoms with Gasteiger partial charge < -0.3 is 16.4 Å². The summed E-state index contributed by atoms with van der Waals surface area (Å²) >= 11 is 0. The van der Waals surface area contributed by atoms with Gasteiger partial charge in [-0.1, -0.05) is 0 Å². The number of rotatable bonds is 6. The van der Waals surface area contributed by atoms with Crippen LogP contribution in [0.15, 0.2) is 18.5 Å². The third-order valence-electron chi connectivity index (χ3n) is 2.91. The molecule has 0 aromatic carbocycles. The summed E-state index contributed by atoms with van der Waals surface area (Å²) in [6.07, 6.45) is 6.19. The van der Waals surface area contributed by atoms with E-state index in [1.54, 1.807) is 6.07 Å². The van der Waals surface area contributed by atoms with Crippen molar-refractivity contribution in [3.63, 3.8) is 0 Å². The van der Waals surface area contributed by atoms with E-state index in [-0.39, 0.29) is 11.8 Å². The molecule has 0 radical (unpaired) electrons. The van der Waals surface area contributed by atoms with E-state index in [9.17, 15) is 9.59 Å². The van der Waals surface area contributed by atoms with Crippen LogP contribution < -0.4 is 16.4 Å². The minimum atomic E-state index is -0.256. The minimum absolute atomic E-state index is 0.0534. The lowest BCUT2D eigenvalue weighted by atomic mass is 10.2. The lowest BCUT2D eigenvalue weighted by Gasteiger charge is -2.07. The highest BCUT2D eigenvalue weighted by Gasteiger charge is 2.22. The zero-order chi connectivity index (χ0) is 13.7. The summed E-state index contributed by atoms with van der Waals surface area (Å²) in [4.78, 5) is 27.0. The molecule has 1 aromatic rings. The molecule has 0 aliphatic heterocycles. The van der Waals surface area contributed by atoms with Crippen LogP contribution in [0.25, 0.3) is 0 Å². The Balaban J connectivity index is 1.66. The van der Waals surface area contributed by atoms with Gasteiger partial charge >= 0.3 is 0 Å². The predicted octanol–water partition coefficient (Wildman–Crippen LogP) is 0.452. The number of carbonyl (C=O) groups is 2. The highest BCUT2D eigenvalue weighted by molar-refractivity contribution is 5.98. The first-order valence-corrected chi connectivity index (χ1v) is 6.44. The van der Waals surface area contributed by atoms with Crippen LogP contribution in [0.5, 0.6) is 0 Å². The maximum Gasteiger partial charge on any atom is 0.254 e. The summed E-state index contributed by atoms with van der Waals surface area (Å²) in [5.74, 6) is -0.203. The Labute approximate surface area is 111 Å². The number of hydrogen-bond donors (Lipinski definition) is 3. The molecule has 2 rings (SSSR count). The number of nitrogens with zero attached hydrogens (tertiary/aromatic N) is 1. The quantitative estimate of drug-likeness (QED) is 0.648. The van der Waals surface area contributed by atoms with Gasteiger partial charge in [0.2, 0.25) is 5.91 Å². The van der Waals surface area contributed by atoms with Crippen LogP contribution in [0.1, 0.15) is 36.0 Å². The van der Waals surface area contributed by atoms with Gasteiger partial charge in [-0.2, -0.15) is 0 Å². The normalized spacial score (nSPS) is 13.9. The molecule has 1 heterocycles.